The lowest BCUT2D eigenvalue weighted by molar-refractivity contribution is -0.126. The van der Waals surface area contributed by atoms with Crippen LogP contribution in [-0.4, -0.2) is 88.2 Å². The number of amides is 1. The molecular weight excluding hydrogens is 598 g/mol. The van der Waals surface area contributed by atoms with Gasteiger partial charge in [0.25, 0.3) is 0 Å². The number of aromatic nitrogens is 3. The van der Waals surface area contributed by atoms with Crippen molar-refractivity contribution in [2.24, 2.45) is 0 Å². The Kier molecular flexibility index (Phi) is 7.81. The number of rotatable bonds is 8. The average molecular weight is 633 g/mol. The lowest BCUT2D eigenvalue weighted by atomic mass is 9.95. The van der Waals surface area contributed by atoms with Gasteiger partial charge < -0.3 is 14.5 Å². The summed E-state index contributed by atoms with van der Waals surface area (Å²) in [5.74, 6) is -0.287. The zero-order valence-electron chi connectivity index (χ0n) is 25.2. The molecule has 3 aliphatic heterocycles. The van der Waals surface area contributed by atoms with Crippen LogP contribution in [0.25, 0.3) is 32.9 Å². The van der Waals surface area contributed by atoms with Crippen molar-refractivity contribution in [2.75, 3.05) is 44.7 Å². The van der Waals surface area contributed by atoms with Crippen LogP contribution in [0.3, 0.4) is 0 Å². The van der Waals surface area contributed by atoms with E-state index < -0.39 is 17.5 Å². The highest BCUT2D eigenvalue weighted by molar-refractivity contribution is 6.36. The van der Waals surface area contributed by atoms with Gasteiger partial charge in [0, 0.05) is 61.3 Å². The van der Waals surface area contributed by atoms with Gasteiger partial charge in [-0.1, -0.05) is 48.5 Å². The number of likely N-dealkylation sites (tertiary alicyclic amines) is 1. The number of benzene rings is 2. The number of hydrogen-bond acceptors (Lipinski definition) is 7. The number of likely N-dealkylation sites (N-methyl/N-ethyl adjacent to an activating group) is 1. The van der Waals surface area contributed by atoms with Crippen molar-refractivity contribution in [1.82, 2.24) is 24.8 Å². The second kappa shape index (κ2) is 11.8. The molecule has 0 aliphatic carbocycles. The minimum atomic E-state index is -0.903. The molecule has 5 heterocycles. The molecule has 2 aromatic heterocycles. The molecule has 11 heteroatoms. The zero-order chi connectivity index (χ0) is 31.3. The minimum Gasteiger partial charge on any atom is -0.461 e. The Bertz CT molecular complexity index is 1800. The molecule has 1 amide bonds. The van der Waals surface area contributed by atoms with Gasteiger partial charge in [-0.05, 0) is 49.8 Å². The Morgan fingerprint density at radius 1 is 1.22 bits per heavy atom. The highest BCUT2D eigenvalue weighted by Gasteiger charge is 2.49. The number of hydrogen-bond donors (Lipinski definition) is 0. The predicted molar refractivity (Wildman–Crippen MR) is 172 cm³/mol. The Morgan fingerprint density at radius 2 is 2.04 bits per heavy atom. The molecule has 3 aliphatic rings. The van der Waals surface area contributed by atoms with Crippen molar-refractivity contribution < 1.29 is 18.3 Å². The molecule has 0 spiro atoms. The molecule has 4 aromatic rings. The molecule has 3 saturated heterocycles. The summed E-state index contributed by atoms with van der Waals surface area (Å²) in [6, 6.07) is 11.1. The van der Waals surface area contributed by atoms with Crippen LogP contribution in [0.15, 0.2) is 55.3 Å². The summed E-state index contributed by atoms with van der Waals surface area (Å²) < 4.78 is 37.4. The second-order valence-corrected chi connectivity index (χ2v) is 12.8. The maximum absolute atomic E-state index is 16.7. The first-order chi connectivity index (χ1) is 21.8. The zero-order valence-corrected chi connectivity index (χ0v) is 25.9. The fraction of sp³-hybridized carbons (Fsp3) is 0.412. The number of ether oxygens (including phenoxy) is 1. The molecule has 3 atom stereocenters. The monoisotopic (exact) mass is 632 g/mol. The quantitative estimate of drug-likeness (QED) is 0.214. The Balaban J connectivity index is 1.31. The molecule has 1 unspecified atom stereocenters. The summed E-state index contributed by atoms with van der Waals surface area (Å²) in [5, 5.41) is 2.48. The van der Waals surface area contributed by atoms with E-state index in [0.717, 1.165) is 37.6 Å². The molecule has 0 N–H and O–H groups in total. The van der Waals surface area contributed by atoms with Crippen LogP contribution in [0.5, 0.6) is 6.01 Å². The van der Waals surface area contributed by atoms with Gasteiger partial charge in [-0.2, -0.15) is 9.97 Å². The van der Waals surface area contributed by atoms with E-state index in [9.17, 15) is 9.18 Å². The van der Waals surface area contributed by atoms with Gasteiger partial charge in [-0.3, -0.25) is 14.7 Å². The summed E-state index contributed by atoms with van der Waals surface area (Å²) in [5.41, 5.74) is 0.325. The normalized spacial score (nSPS) is 23.2. The Morgan fingerprint density at radius 3 is 2.87 bits per heavy atom. The van der Waals surface area contributed by atoms with Crippen molar-refractivity contribution in [3.05, 3.63) is 66.1 Å². The number of pyridine rings is 1. The standard InChI is InChI=1S/C34H35ClF2N6O2/c1-3-27(44)43-15-6-10-23(43)19-41(2)32-25-17-38-30(24-11-4-8-21-9-5-12-26(35)28(21)24)29(37)31(25)39-33(40-32)45-20-34-13-7-14-42(34)18-22(36)16-34/h3-5,8-9,11-12,17,22-23H,1,6-7,10,13-16,18-20H2,2H3/t22-,23?,34+/m1/s1. The number of anilines is 1. The van der Waals surface area contributed by atoms with Gasteiger partial charge in [0.15, 0.2) is 5.82 Å². The van der Waals surface area contributed by atoms with Gasteiger partial charge >= 0.3 is 6.01 Å². The van der Waals surface area contributed by atoms with Gasteiger partial charge in [0.2, 0.25) is 5.91 Å². The van der Waals surface area contributed by atoms with Gasteiger partial charge in [0.1, 0.15) is 29.8 Å². The van der Waals surface area contributed by atoms with Crippen LogP contribution in [-0.2, 0) is 4.79 Å². The van der Waals surface area contributed by atoms with E-state index >= 15 is 4.39 Å². The molecular formula is C34H35ClF2N6O2. The van der Waals surface area contributed by atoms with Crippen molar-refractivity contribution >= 4 is 45.0 Å². The van der Waals surface area contributed by atoms with E-state index in [1.807, 2.05) is 41.1 Å². The van der Waals surface area contributed by atoms with E-state index in [-0.39, 0.29) is 35.8 Å². The highest BCUT2D eigenvalue weighted by Crippen LogP contribution is 2.41. The fourth-order valence-corrected chi connectivity index (χ4v) is 7.82. The Labute approximate surface area is 265 Å². The summed E-state index contributed by atoms with van der Waals surface area (Å²) >= 11 is 6.59. The van der Waals surface area contributed by atoms with Crippen LogP contribution < -0.4 is 9.64 Å². The molecule has 7 rings (SSSR count). The maximum Gasteiger partial charge on any atom is 0.319 e. The number of carbonyl (C=O) groups is 1. The molecule has 2 aromatic carbocycles. The highest BCUT2D eigenvalue weighted by atomic mass is 35.5. The number of fused-ring (bicyclic) bond motifs is 3. The molecule has 0 saturated carbocycles. The smallest absolute Gasteiger partial charge is 0.319 e. The Hall–Kier alpha value is -3.89. The molecule has 45 heavy (non-hydrogen) atoms. The second-order valence-electron chi connectivity index (χ2n) is 12.4. The molecule has 0 bridgehead atoms. The lowest BCUT2D eigenvalue weighted by Crippen LogP contribution is -2.43. The van der Waals surface area contributed by atoms with Crippen LogP contribution in [0.4, 0.5) is 14.6 Å². The van der Waals surface area contributed by atoms with Crippen LogP contribution >= 0.6 is 11.6 Å². The first-order valence-corrected chi connectivity index (χ1v) is 15.9. The van der Waals surface area contributed by atoms with E-state index in [1.54, 1.807) is 18.3 Å². The average Bonchev–Trinajstić information content (AvgIpc) is 3.74. The first-order valence-electron chi connectivity index (χ1n) is 15.5. The number of alkyl halides is 1. The van der Waals surface area contributed by atoms with Crippen LogP contribution in [0.2, 0.25) is 5.02 Å². The summed E-state index contributed by atoms with van der Waals surface area (Å²) in [6.45, 7) is 6.21. The largest absolute Gasteiger partial charge is 0.461 e. The predicted octanol–water partition coefficient (Wildman–Crippen LogP) is 6.21. The van der Waals surface area contributed by atoms with E-state index in [0.29, 0.717) is 53.2 Å². The molecule has 3 fully saturated rings. The van der Waals surface area contributed by atoms with Crippen LogP contribution in [0.1, 0.15) is 32.1 Å². The summed E-state index contributed by atoms with van der Waals surface area (Å²) in [4.78, 5) is 32.3. The van der Waals surface area contributed by atoms with Crippen molar-refractivity contribution in [3.63, 3.8) is 0 Å². The first kappa shape index (κ1) is 29.8. The van der Waals surface area contributed by atoms with E-state index in [1.165, 1.54) is 6.08 Å². The summed E-state index contributed by atoms with van der Waals surface area (Å²) in [7, 11) is 1.86. The third-order valence-electron chi connectivity index (χ3n) is 9.66. The fourth-order valence-electron chi connectivity index (χ4n) is 7.54. The van der Waals surface area contributed by atoms with Gasteiger partial charge in [-0.25, -0.2) is 8.78 Å². The maximum atomic E-state index is 16.7. The number of carbonyl (C=O) groups excluding carboxylic acids is 1. The van der Waals surface area contributed by atoms with Crippen LogP contribution in [0, 0.1) is 5.82 Å². The molecule has 234 valence electrons. The molecule has 0 radical (unpaired) electrons. The van der Waals surface area contributed by atoms with Gasteiger partial charge in [0.05, 0.1) is 10.9 Å². The van der Waals surface area contributed by atoms with Crippen molar-refractivity contribution in [2.45, 2.75) is 49.9 Å². The molecule has 8 nitrogen and oxygen atoms in total. The topological polar surface area (TPSA) is 74.7 Å². The minimum absolute atomic E-state index is 0.0188. The third-order valence-corrected chi connectivity index (χ3v) is 9.98. The number of halogens is 3. The lowest BCUT2D eigenvalue weighted by Gasteiger charge is -2.31. The van der Waals surface area contributed by atoms with Gasteiger partial charge in [-0.15, -0.1) is 0 Å². The summed E-state index contributed by atoms with van der Waals surface area (Å²) in [6.07, 6.45) is 5.93. The van der Waals surface area contributed by atoms with Crippen molar-refractivity contribution in [1.29, 1.82) is 0 Å². The number of nitrogens with zero attached hydrogens (tertiary/aromatic N) is 6. The SMILES string of the molecule is C=CC(=O)N1CCCC1CN(C)c1nc(OC[C@@]23CCCN2C[C@H](F)C3)nc2c(F)c(-c3cccc4cccc(Cl)c34)ncc12. The van der Waals surface area contributed by atoms with Crippen molar-refractivity contribution in [3.8, 4) is 17.3 Å². The third kappa shape index (κ3) is 5.27. The van der Waals surface area contributed by atoms with E-state index in [2.05, 4.69) is 21.4 Å². The van der Waals surface area contributed by atoms with E-state index in [4.69, 9.17) is 21.3 Å².